The number of rotatable bonds is 10. The Kier molecular flexibility index (Phi) is 7.35. The largest absolute Gasteiger partial charge is 0.389 e. The van der Waals surface area contributed by atoms with Crippen molar-refractivity contribution in [3.63, 3.8) is 0 Å². The zero-order valence-corrected chi connectivity index (χ0v) is 14.3. The summed E-state index contributed by atoms with van der Waals surface area (Å²) in [6.07, 6.45) is 2.08. The fourth-order valence-electron chi connectivity index (χ4n) is 3.23. The Bertz CT molecular complexity index is 357. The third-order valence-electron chi connectivity index (χ3n) is 3.18. The minimum atomic E-state index is -1.03. The van der Waals surface area contributed by atoms with Gasteiger partial charge in [-0.1, -0.05) is 22.3 Å². The summed E-state index contributed by atoms with van der Waals surface area (Å²) in [5.41, 5.74) is 1.52. The van der Waals surface area contributed by atoms with Crippen molar-refractivity contribution in [3.8, 4) is 0 Å². The SMILES string of the molecule is C=C(C)CC(O)(CC(=C)C)CC(O)(CC(=C)C)CC(=C)C. The molecule has 0 aromatic carbocycles. The molecule has 0 rings (SSSR count). The first kappa shape index (κ1) is 19.9. The summed E-state index contributed by atoms with van der Waals surface area (Å²) in [5, 5.41) is 21.9. The van der Waals surface area contributed by atoms with Crippen molar-refractivity contribution in [2.45, 2.75) is 71.0 Å². The Morgan fingerprint density at radius 1 is 0.619 bits per heavy atom. The van der Waals surface area contributed by atoms with Crippen molar-refractivity contribution in [3.05, 3.63) is 48.6 Å². The maximum atomic E-state index is 11.0. The van der Waals surface area contributed by atoms with E-state index in [2.05, 4.69) is 26.3 Å². The molecule has 0 heterocycles. The van der Waals surface area contributed by atoms with Crippen molar-refractivity contribution in [2.75, 3.05) is 0 Å². The van der Waals surface area contributed by atoms with Gasteiger partial charge in [-0.2, -0.15) is 0 Å². The molecule has 21 heavy (non-hydrogen) atoms. The Hall–Kier alpha value is -1.12. The number of hydrogen-bond donors (Lipinski definition) is 2. The van der Waals surface area contributed by atoms with Crippen LogP contribution >= 0.6 is 0 Å². The van der Waals surface area contributed by atoms with Crippen molar-refractivity contribution in [1.29, 1.82) is 0 Å². The zero-order chi connectivity index (χ0) is 16.8. The molecule has 0 amide bonds. The van der Waals surface area contributed by atoms with Gasteiger partial charge < -0.3 is 10.2 Å². The molecule has 0 spiro atoms. The van der Waals surface area contributed by atoms with Gasteiger partial charge in [-0.25, -0.2) is 0 Å². The Labute approximate surface area is 130 Å². The smallest absolute Gasteiger partial charge is 0.0748 e. The summed E-state index contributed by atoms with van der Waals surface area (Å²) in [6.45, 7) is 23.1. The topological polar surface area (TPSA) is 40.5 Å². The van der Waals surface area contributed by atoms with E-state index in [1.54, 1.807) is 0 Å². The van der Waals surface area contributed by atoms with Gasteiger partial charge in [0.2, 0.25) is 0 Å². The first-order valence-electron chi connectivity index (χ1n) is 7.40. The Morgan fingerprint density at radius 3 is 0.952 bits per heavy atom. The molecule has 0 bridgehead atoms. The maximum absolute atomic E-state index is 11.0. The summed E-state index contributed by atoms with van der Waals surface area (Å²) in [5.74, 6) is 0. The highest BCUT2D eigenvalue weighted by Gasteiger charge is 2.38. The lowest BCUT2D eigenvalue weighted by atomic mass is 9.75. The van der Waals surface area contributed by atoms with E-state index in [4.69, 9.17) is 0 Å². The molecule has 0 aromatic heterocycles. The van der Waals surface area contributed by atoms with Crippen LogP contribution in [0.3, 0.4) is 0 Å². The van der Waals surface area contributed by atoms with E-state index in [1.165, 1.54) is 0 Å². The minimum absolute atomic E-state index is 0.263. The molecular formula is C19H32O2. The fraction of sp³-hybridized carbons (Fsp3) is 0.579. The molecule has 0 aliphatic carbocycles. The molecule has 0 aliphatic heterocycles. The van der Waals surface area contributed by atoms with E-state index in [0.29, 0.717) is 25.7 Å². The second kappa shape index (κ2) is 7.77. The molecule has 0 aliphatic rings. The van der Waals surface area contributed by atoms with E-state index in [9.17, 15) is 10.2 Å². The minimum Gasteiger partial charge on any atom is -0.389 e. The van der Waals surface area contributed by atoms with Gasteiger partial charge in [0, 0.05) is 6.42 Å². The van der Waals surface area contributed by atoms with Crippen LogP contribution in [-0.4, -0.2) is 21.4 Å². The van der Waals surface area contributed by atoms with Crippen molar-refractivity contribution in [1.82, 2.24) is 0 Å². The third kappa shape index (κ3) is 8.69. The zero-order valence-electron chi connectivity index (χ0n) is 14.3. The summed E-state index contributed by atoms with van der Waals surface area (Å²) in [7, 11) is 0. The van der Waals surface area contributed by atoms with Gasteiger partial charge >= 0.3 is 0 Å². The lowest BCUT2D eigenvalue weighted by Gasteiger charge is -2.38. The quantitative estimate of drug-likeness (QED) is 0.573. The number of aliphatic hydroxyl groups is 2. The van der Waals surface area contributed by atoms with E-state index >= 15 is 0 Å². The van der Waals surface area contributed by atoms with E-state index in [-0.39, 0.29) is 6.42 Å². The molecule has 0 unspecified atom stereocenters. The van der Waals surface area contributed by atoms with Crippen LogP contribution in [-0.2, 0) is 0 Å². The van der Waals surface area contributed by atoms with Crippen molar-refractivity contribution >= 4 is 0 Å². The number of hydrogen-bond acceptors (Lipinski definition) is 2. The first-order chi connectivity index (χ1) is 9.37. The fourth-order valence-corrected chi connectivity index (χ4v) is 3.23. The van der Waals surface area contributed by atoms with Gasteiger partial charge in [-0.05, 0) is 53.4 Å². The lowest BCUT2D eigenvalue weighted by molar-refractivity contribution is -0.0632. The van der Waals surface area contributed by atoms with Crippen LogP contribution in [0.5, 0.6) is 0 Å². The van der Waals surface area contributed by atoms with Gasteiger partial charge in [0.25, 0.3) is 0 Å². The van der Waals surface area contributed by atoms with Crippen molar-refractivity contribution in [2.24, 2.45) is 0 Å². The van der Waals surface area contributed by atoms with Gasteiger partial charge in [0.1, 0.15) is 0 Å². The molecule has 0 fully saturated rings. The predicted molar refractivity (Wildman–Crippen MR) is 92.2 cm³/mol. The van der Waals surface area contributed by atoms with E-state index in [1.807, 2.05) is 27.7 Å². The second-order valence-electron chi connectivity index (χ2n) is 7.16. The highest BCUT2D eigenvalue weighted by atomic mass is 16.3. The van der Waals surface area contributed by atoms with Crippen LogP contribution in [0.2, 0.25) is 0 Å². The summed E-state index contributed by atoms with van der Waals surface area (Å²) >= 11 is 0. The molecule has 2 N–H and O–H groups in total. The molecular weight excluding hydrogens is 260 g/mol. The molecule has 0 aromatic rings. The summed E-state index contributed by atoms with van der Waals surface area (Å²) < 4.78 is 0. The van der Waals surface area contributed by atoms with E-state index < -0.39 is 11.2 Å². The third-order valence-corrected chi connectivity index (χ3v) is 3.18. The molecule has 0 saturated carbocycles. The van der Waals surface area contributed by atoms with E-state index in [0.717, 1.165) is 22.3 Å². The predicted octanol–water partition coefficient (Wildman–Crippen LogP) is 4.70. The molecule has 0 saturated heterocycles. The van der Waals surface area contributed by atoms with Crippen LogP contribution in [0.15, 0.2) is 48.6 Å². The van der Waals surface area contributed by atoms with Crippen LogP contribution in [0.4, 0.5) is 0 Å². The average Bonchev–Trinajstić information content (AvgIpc) is 2.07. The molecule has 0 atom stereocenters. The van der Waals surface area contributed by atoms with Crippen molar-refractivity contribution < 1.29 is 10.2 Å². The highest BCUT2D eigenvalue weighted by molar-refractivity contribution is 5.11. The van der Waals surface area contributed by atoms with Gasteiger partial charge in [-0.15, -0.1) is 26.3 Å². The maximum Gasteiger partial charge on any atom is 0.0748 e. The van der Waals surface area contributed by atoms with Crippen LogP contribution in [0.1, 0.15) is 59.8 Å². The van der Waals surface area contributed by atoms with Gasteiger partial charge in [0.05, 0.1) is 11.2 Å². The molecule has 2 nitrogen and oxygen atoms in total. The summed E-state index contributed by atoms with van der Waals surface area (Å²) in [4.78, 5) is 0. The molecule has 120 valence electrons. The summed E-state index contributed by atoms with van der Waals surface area (Å²) in [6, 6.07) is 0. The normalized spacial score (nSPS) is 12.1. The Balaban J connectivity index is 5.36. The van der Waals surface area contributed by atoms with Crippen LogP contribution in [0.25, 0.3) is 0 Å². The van der Waals surface area contributed by atoms with Gasteiger partial charge in [0.15, 0.2) is 0 Å². The Morgan fingerprint density at radius 2 is 0.810 bits per heavy atom. The molecule has 0 radical (unpaired) electrons. The monoisotopic (exact) mass is 292 g/mol. The van der Waals surface area contributed by atoms with Crippen LogP contribution < -0.4 is 0 Å². The molecule has 2 heteroatoms. The highest BCUT2D eigenvalue weighted by Crippen LogP contribution is 2.37. The standard InChI is InChI=1S/C19H32O2/c1-14(2)9-18(20,10-15(3)4)13-19(21,11-16(5)6)12-17(7)8/h20-21H,1,3,5,7,9-13H2,2,4,6,8H3. The van der Waals surface area contributed by atoms with Gasteiger partial charge in [-0.3, -0.25) is 0 Å². The second-order valence-corrected chi connectivity index (χ2v) is 7.16. The first-order valence-corrected chi connectivity index (χ1v) is 7.40. The average molecular weight is 292 g/mol. The van der Waals surface area contributed by atoms with Crippen LogP contribution in [0, 0.1) is 0 Å². The lowest BCUT2D eigenvalue weighted by Crippen LogP contribution is -2.42.